The van der Waals surface area contributed by atoms with E-state index in [2.05, 4.69) is 40.1 Å². The van der Waals surface area contributed by atoms with E-state index in [1.807, 2.05) is 12.1 Å². The van der Waals surface area contributed by atoms with E-state index in [1.165, 1.54) is 19.9 Å². The molecule has 28 heteroatoms. The van der Waals surface area contributed by atoms with E-state index in [0.717, 1.165) is 21.9 Å². The van der Waals surface area contributed by atoms with Crippen LogP contribution in [-0.4, -0.2) is 67.2 Å². The number of aromatic hydroxyl groups is 2. The van der Waals surface area contributed by atoms with Crippen LogP contribution >= 0.6 is 12.0 Å². The fraction of sp³-hybridized carbons (Fsp3) is 0.167. The summed E-state index contributed by atoms with van der Waals surface area (Å²) in [6.45, 7) is 6.47. The quantitative estimate of drug-likeness (QED) is 0.0184. The summed E-state index contributed by atoms with van der Waals surface area (Å²) in [6, 6.07) is 13.8. The molecule has 0 aliphatic carbocycles. The third-order valence-corrected chi connectivity index (χ3v) is 10.3. The van der Waals surface area contributed by atoms with Crippen molar-refractivity contribution in [3.63, 3.8) is 0 Å². The number of benzene rings is 4. The summed E-state index contributed by atoms with van der Waals surface area (Å²) in [7, 11) is -5.19. The summed E-state index contributed by atoms with van der Waals surface area (Å²) in [6.07, 6.45) is -3.39. The number of phenols is 2. The smallest absolute Gasteiger partial charge is 0.744 e. The molecule has 0 amide bonds. The number of nitrogens with zero attached hydrogens (tertiary/aromatic N) is 8. The number of carboxylic acids is 2. The predicted octanol–water partition coefficient (Wildman–Crippen LogP) is -8.85. The van der Waals surface area contributed by atoms with Crippen molar-refractivity contribution < 1.29 is 195 Å². The first-order chi connectivity index (χ1) is 28.3. The Bertz CT molecular complexity index is 2820. The van der Waals surface area contributed by atoms with Crippen molar-refractivity contribution in [3.05, 3.63) is 106 Å². The number of azo groups is 6. The minimum Gasteiger partial charge on any atom is -0.744 e. The number of aliphatic hydroxyl groups is 2. The number of aryl methyl sites for hydroxylation is 2. The molecule has 0 spiro atoms. The van der Waals surface area contributed by atoms with E-state index in [1.54, 1.807) is 38.1 Å². The molecule has 64 heavy (non-hydrogen) atoms. The molecule has 0 bridgehead atoms. The van der Waals surface area contributed by atoms with E-state index in [-0.39, 0.29) is 152 Å². The second-order valence-electron chi connectivity index (χ2n) is 12.9. The van der Waals surface area contributed by atoms with Crippen molar-refractivity contribution in [2.45, 2.75) is 49.9 Å². The van der Waals surface area contributed by atoms with Gasteiger partial charge in [0.1, 0.15) is 21.5 Å². The van der Waals surface area contributed by atoms with E-state index in [4.69, 9.17) is 0 Å². The third-order valence-electron chi connectivity index (χ3n) is 8.97. The Balaban J connectivity index is 0.00000352. The molecule has 4 aromatic carbocycles. The molecule has 4 aromatic rings. The molecule has 0 radical (unpaired) electrons. The zero-order chi connectivity index (χ0) is 43.8. The SMILES string of the molecule is CC1=C(N=Nc2ccc(-c3ccc(N=NC4=C(C)N=[N+](c5cc(S(=O)(=O)[O-])cc(C(=O)[O-])c5O)C4O)c(C)c3)cc2C)C(O)[N+](c2cc(SOO[O-])cc(C(=O)[O-])c2O)=N1.[Na+].[Na+].[Na+].[Na+]. The maximum Gasteiger partial charge on any atom is 1.00 e. The molecule has 0 saturated carbocycles. The molecule has 2 aliphatic rings. The van der Waals surface area contributed by atoms with Crippen molar-refractivity contribution in [2.24, 2.45) is 30.7 Å². The average molecular weight is 953 g/mol. The summed E-state index contributed by atoms with van der Waals surface area (Å²) in [4.78, 5) is 22.2. The first-order valence-electron chi connectivity index (χ1n) is 16.9. The summed E-state index contributed by atoms with van der Waals surface area (Å²) in [5.41, 5.74) is 1.25. The van der Waals surface area contributed by atoms with Gasteiger partial charge in [0.25, 0.3) is 11.4 Å². The molecule has 4 N–H and O–H groups in total. The molecule has 6 rings (SSSR count). The Morgan fingerprint density at radius 3 is 1.50 bits per heavy atom. The van der Waals surface area contributed by atoms with Gasteiger partial charge in [-0.25, -0.2) is 8.42 Å². The van der Waals surface area contributed by atoms with Crippen LogP contribution in [0.2, 0.25) is 0 Å². The monoisotopic (exact) mass is 952 g/mol. The van der Waals surface area contributed by atoms with Crippen LogP contribution in [0, 0.1) is 13.8 Å². The number of hydrogen-bond donors (Lipinski definition) is 4. The van der Waals surface area contributed by atoms with Gasteiger partial charge in [-0.1, -0.05) is 12.1 Å². The number of carbonyl (C=O) groups is 2. The maximum atomic E-state index is 11.7. The predicted molar refractivity (Wildman–Crippen MR) is 193 cm³/mol. The van der Waals surface area contributed by atoms with Gasteiger partial charge in [0.15, 0.2) is 22.9 Å². The molecule has 2 heterocycles. The second-order valence-corrected chi connectivity index (χ2v) is 15.1. The molecule has 22 nitrogen and oxygen atoms in total. The molecule has 2 atom stereocenters. The Morgan fingerprint density at radius 1 is 0.688 bits per heavy atom. The molecular weight excluding hydrogens is 925 g/mol. The molecule has 0 fully saturated rings. The van der Waals surface area contributed by atoms with Gasteiger partial charge < -0.3 is 50.0 Å². The van der Waals surface area contributed by atoms with Gasteiger partial charge >= 0.3 is 131 Å². The summed E-state index contributed by atoms with van der Waals surface area (Å²) < 4.78 is 40.9. The van der Waals surface area contributed by atoms with Crippen LogP contribution in [0.15, 0.2) is 124 Å². The van der Waals surface area contributed by atoms with E-state index in [9.17, 15) is 58.5 Å². The van der Waals surface area contributed by atoms with Gasteiger partial charge in [0, 0.05) is 38.4 Å². The van der Waals surface area contributed by atoms with Crippen molar-refractivity contribution in [3.8, 4) is 22.6 Å². The first kappa shape index (κ1) is 57.5. The van der Waals surface area contributed by atoms with Crippen molar-refractivity contribution in [2.75, 3.05) is 0 Å². The van der Waals surface area contributed by atoms with E-state index >= 15 is 0 Å². The van der Waals surface area contributed by atoms with Crippen LogP contribution < -0.4 is 134 Å². The van der Waals surface area contributed by atoms with Crippen LogP contribution in [0.4, 0.5) is 22.7 Å². The van der Waals surface area contributed by atoms with Crippen LogP contribution in [0.1, 0.15) is 45.7 Å². The van der Waals surface area contributed by atoms with Gasteiger partial charge in [-0.3, -0.25) is 5.04 Å². The fourth-order valence-electron chi connectivity index (χ4n) is 5.96. The van der Waals surface area contributed by atoms with Gasteiger partial charge in [-0.05, 0) is 95.7 Å². The Hall–Kier alpha value is -2.64. The second kappa shape index (κ2) is 23.9. The maximum absolute atomic E-state index is 11.7. The number of carboxylic acid groups (broad SMARTS) is 2. The number of carbonyl (C=O) groups excluding carboxylic acids is 2. The van der Waals surface area contributed by atoms with Gasteiger partial charge in [0.05, 0.1) is 40.3 Å². The van der Waals surface area contributed by atoms with E-state index in [0.29, 0.717) is 51.4 Å². The van der Waals surface area contributed by atoms with Crippen LogP contribution in [-0.2, 0) is 19.5 Å². The zero-order valence-electron chi connectivity index (χ0n) is 35.2. The van der Waals surface area contributed by atoms with Crippen molar-refractivity contribution >= 4 is 56.8 Å². The summed E-state index contributed by atoms with van der Waals surface area (Å²) in [5, 5.41) is 105. The topological polar surface area (TPSA) is 340 Å². The number of aliphatic hydroxyl groups excluding tert-OH is 2. The average Bonchev–Trinajstić information content (AvgIpc) is 3.63. The Labute approximate surface area is 455 Å². The number of allylic oxidation sites excluding steroid dienone is 2. The standard InChI is InChI=1S/C36H30N8O14S2.4Na/c1-15-9-19(5-7-25(15)37-39-29-17(3)41-43(33(29)47)27-12-21(59-58-57-53)11-23(31(27)45)35(49)50)20-6-8-26(16(2)10-20)38-40-30-18(4)42-44(34(30)48)28-14-22(60(54,55)56)13-24(32(28)46)36(51)52;;;;/h5-14,33-34,47-48H,1-4H3,(H4-,45,49,50,51,52,53,54,55,56);;;;/q;4*+1/p-2. The van der Waals surface area contributed by atoms with Crippen molar-refractivity contribution in [1.82, 2.24) is 0 Å². The van der Waals surface area contributed by atoms with E-state index < -0.39 is 67.7 Å². The van der Waals surface area contributed by atoms with Gasteiger partial charge in [-0.15, -0.1) is 10.2 Å². The minimum atomic E-state index is -5.19. The molecule has 0 saturated heterocycles. The fourth-order valence-corrected chi connectivity index (χ4v) is 6.91. The molecule has 2 aliphatic heterocycles. The number of hydrogen-bond acceptors (Lipinski definition) is 21. The van der Waals surface area contributed by atoms with Crippen LogP contribution in [0.25, 0.3) is 11.1 Å². The number of rotatable bonds is 13. The Morgan fingerprint density at radius 2 is 1.11 bits per heavy atom. The first-order valence-corrected chi connectivity index (χ1v) is 19.1. The minimum absolute atomic E-state index is 0. The van der Waals surface area contributed by atoms with Crippen LogP contribution in [0.5, 0.6) is 11.5 Å². The van der Waals surface area contributed by atoms with Gasteiger partial charge in [-0.2, -0.15) is 14.6 Å². The van der Waals surface area contributed by atoms with Crippen LogP contribution in [0.3, 0.4) is 0 Å². The summed E-state index contributed by atoms with van der Waals surface area (Å²) in [5.74, 6) is -5.51. The molecule has 310 valence electrons. The largest absolute Gasteiger partial charge is 1.00 e. The molecule has 0 aromatic heterocycles. The zero-order valence-corrected chi connectivity index (χ0v) is 44.8. The molecule has 2 unspecified atom stereocenters. The summed E-state index contributed by atoms with van der Waals surface area (Å²) >= 11 is 0.348. The third kappa shape index (κ3) is 12.5. The number of aromatic carboxylic acids is 2. The normalized spacial score (nSPS) is 15.9. The Kier molecular flexibility index (Phi) is 21.5. The van der Waals surface area contributed by atoms with Gasteiger partial charge in [0.2, 0.25) is 0 Å². The van der Waals surface area contributed by atoms with Crippen molar-refractivity contribution in [1.29, 1.82) is 0 Å². The molecular formula is C36H28N8Na4O14S2+2.